The van der Waals surface area contributed by atoms with Crippen molar-refractivity contribution < 1.29 is 28.1 Å². The Morgan fingerprint density at radius 2 is 2.11 bits per heavy atom. The SMILES string of the molecule is OC[C@@H]1COCCN1c1nc(O)c(C(=Cc2ccc(Cl)cc2C(F)(F)F)c2ccc3[nH]ncc3c2)s1. The molecule has 7 nitrogen and oxygen atoms in total. The van der Waals surface area contributed by atoms with Crippen molar-refractivity contribution in [3.63, 3.8) is 0 Å². The third-order valence-corrected chi connectivity index (χ3v) is 7.25. The summed E-state index contributed by atoms with van der Waals surface area (Å²) in [4.78, 5) is 6.41. The van der Waals surface area contributed by atoms with Crippen molar-refractivity contribution in [3.8, 4) is 5.88 Å². The Morgan fingerprint density at radius 1 is 1.28 bits per heavy atom. The molecule has 5 rings (SSSR count). The van der Waals surface area contributed by atoms with Crippen LogP contribution in [0.3, 0.4) is 0 Å². The number of hydrogen-bond acceptors (Lipinski definition) is 7. The van der Waals surface area contributed by atoms with E-state index < -0.39 is 11.7 Å². The minimum Gasteiger partial charge on any atom is -0.492 e. The molecule has 1 aliphatic rings. The highest BCUT2D eigenvalue weighted by Crippen LogP contribution is 2.43. The number of anilines is 1. The summed E-state index contributed by atoms with van der Waals surface area (Å²) in [6.45, 7) is 1.000. The second-order valence-electron chi connectivity index (χ2n) is 8.21. The lowest BCUT2D eigenvalue weighted by Gasteiger charge is -2.34. The van der Waals surface area contributed by atoms with Crippen LogP contribution in [0.5, 0.6) is 5.88 Å². The van der Waals surface area contributed by atoms with Gasteiger partial charge >= 0.3 is 6.18 Å². The van der Waals surface area contributed by atoms with Gasteiger partial charge in [-0.05, 0) is 41.5 Å². The molecule has 3 heterocycles. The van der Waals surface area contributed by atoms with Crippen molar-refractivity contribution in [2.75, 3.05) is 31.3 Å². The molecule has 36 heavy (non-hydrogen) atoms. The molecule has 0 bridgehead atoms. The molecule has 0 spiro atoms. The highest BCUT2D eigenvalue weighted by Gasteiger charge is 2.34. The number of alkyl halides is 3. The standard InChI is InChI=1S/C24H20ClF3N4O3S/c25-16-3-1-14(19(9-16)24(26,27)28)8-18(13-2-4-20-15(7-13)10-29-31-20)21-22(34)30-23(36-21)32-5-6-35-12-17(32)11-33/h1-4,7-10,17,33-34H,5-6,11-12H2,(H,29,31)/t17-/m1/s1. The lowest BCUT2D eigenvalue weighted by atomic mass is 9.98. The Balaban J connectivity index is 1.68. The lowest BCUT2D eigenvalue weighted by Crippen LogP contribution is -2.47. The number of fused-ring (bicyclic) bond motifs is 1. The van der Waals surface area contributed by atoms with Gasteiger partial charge in [0, 0.05) is 22.5 Å². The van der Waals surface area contributed by atoms with Crippen molar-refractivity contribution in [2.45, 2.75) is 12.2 Å². The third-order valence-electron chi connectivity index (χ3n) is 5.90. The minimum atomic E-state index is -4.64. The van der Waals surface area contributed by atoms with Gasteiger partial charge in [-0.15, -0.1) is 0 Å². The van der Waals surface area contributed by atoms with E-state index in [4.69, 9.17) is 16.3 Å². The zero-order valence-corrected chi connectivity index (χ0v) is 20.2. The van der Waals surface area contributed by atoms with Crippen LogP contribution in [-0.2, 0) is 10.9 Å². The van der Waals surface area contributed by atoms with E-state index in [9.17, 15) is 23.4 Å². The number of morpholine rings is 1. The third kappa shape index (κ3) is 4.79. The van der Waals surface area contributed by atoms with Crippen molar-refractivity contribution in [1.29, 1.82) is 0 Å². The molecule has 2 aromatic carbocycles. The number of nitrogens with one attached hydrogen (secondary N) is 1. The van der Waals surface area contributed by atoms with Crippen LogP contribution in [0, 0.1) is 0 Å². The predicted molar refractivity (Wildman–Crippen MR) is 132 cm³/mol. The van der Waals surface area contributed by atoms with Gasteiger partial charge in [0.15, 0.2) is 5.13 Å². The summed E-state index contributed by atoms with van der Waals surface area (Å²) in [6, 6.07) is 8.49. The van der Waals surface area contributed by atoms with E-state index in [1.807, 2.05) is 4.90 Å². The minimum absolute atomic E-state index is 0.0360. The van der Waals surface area contributed by atoms with Crippen LogP contribution >= 0.6 is 22.9 Å². The van der Waals surface area contributed by atoms with E-state index >= 15 is 0 Å². The van der Waals surface area contributed by atoms with Crippen LogP contribution < -0.4 is 4.90 Å². The van der Waals surface area contributed by atoms with Crippen molar-refractivity contribution in [1.82, 2.24) is 15.2 Å². The number of H-pyrrole nitrogens is 1. The number of aliphatic hydroxyl groups is 1. The average molecular weight is 537 g/mol. The Morgan fingerprint density at radius 3 is 2.89 bits per heavy atom. The number of aromatic nitrogens is 3. The molecular formula is C24H20ClF3N4O3S. The number of rotatable bonds is 5. The second kappa shape index (κ2) is 9.74. The summed E-state index contributed by atoms with van der Waals surface area (Å²) in [5.41, 5.74) is 0.672. The largest absolute Gasteiger partial charge is 0.492 e. The van der Waals surface area contributed by atoms with E-state index in [0.717, 1.165) is 28.3 Å². The quantitative estimate of drug-likeness (QED) is 0.304. The number of benzene rings is 2. The molecule has 1 saturated heterocycles. The monoisotopic (exact) mass is 536 g/mol. The Kier molecular flexibility index (Phi) is 6.64. The van der Waals surface area contributed by atoms with Gasteiger partial charge in [-0.25, -0.2) is 0 Å². The van der Waals surface area contributed by atoms with Crippen molar-refractivity contribution in [2.24, 2.45) is 0 Å². The number of ether oxygens (including phenoxy) is 1. The fraction of sp³-hybridized carbons (Fsp3) is 0.250. The fourth-order valence-electron chi connectivity index (χ4n) is 4.10. The second-order valence-corrected chi connectivity index (χ2v) is 9.63. The van der Waals surface area contributed by atoms with Crippen LogP contribution in [0.2, 0.25) is 5.02 Å². The van der Waals surface area contributed by atoms with Crippen LogP contribution in [0.4, 0.5) is 18.3 Å². The molecule has 2 aromatic heterocycles. The highest BCUT2D eigenvalue weighted by atomic mass is 35.5. The molecule has 4 aromatic rings. The Labute approximate surface area is 212 Å². The molecule has 0 radical (unpaired) electrons. The van der Waals surface area contributed by atoms with E-state index in [0.29, 0.717) is 40.9 Å². The molecule has 1 aliphatic heterocycles. The number of thiazole rings is 1. The topological polar surface area (TPSA) is 94.5 Å². The van der Waals surface area contributed by atoms with Crippen LogP contribution in [0.15, 0.2) is 42.6 Å². The van der Waals surface area contributed by atoms with Gasteiger partial charge in [-0.1, -0.05) is 35.1 Å². The summed E-state index contributed by atoms with van der Waals surface area (Å²) >= 11 is 7.00. The fourth-order valence-corrected chi connectivity index (χ4v) is 5.37. The molecule has 0 amide bonds. The number of aliphatic hydroxyl groups excluding tert-OH is 1. The molecule has 0 unspecified atom stereocenters. The number of halogens is 4. The molecule has 3 N–H and O–H groups in total. The predicted octanol–water partition coefficient (Wildman–Crippen LogP) is 5.18. The van der Waals surface area contributed by atoms with Gasteiger partial charge in [0.05, 0.1) is 43.1 Å². The van der Waals surface area contributed by atoms with Crippen LogP contribution in [0.25, 0.3) is 22.6 Å². The zero-order valence-electron chi connectivity index (χ0n) is 18.6. The maximum Gasteiger partial charge on any atom is 0.417 e. The maximum atomic E-state index is 13.9. The first-order valence-electron chi connectivity index (χ1n) is 10.9. The van der Waals surface area contributed by atoms with Gasteiger partial charge in [0.2, 0.25) is 5.88 Å². The number of aromatic hydroxyl groups is 1. The number of aromatic amines is 1. The van der Waals surface area contributed by atoms with E-state index in [1.165, 1.54) is 18.2 Å². The molecule has 12 heteroatoms. The van der Waals surface area contributed by atoms with Crippen molar-refractivity contribution >= 4 is 50.6 Å². The first kappa shape index (κ1) is 24.6. The normalized spacial score (nSPS) is 17.2. The number of nitrogens with zero attached hydrogens (tertiary/aromatic N) is 3. The van der Waals surface area contributed by atoms with Gasteiger partial charge < -0.3 is 19.8 Å². The first-order valence-corrected chi connectivity index (χ1v) is 12.1. The van der Waals surface area contributed by atoms with E-state index in [2.05, 4.69) is 15.2 Å². The Bertz CT molecular complexity index is 1440. The van der Waals surface area contributed by atoms with Gasteiger partial charge in [0.1, 0.15) is 4.88 Å². The number of hydrogen-bond donors (Lipinski definition) is 3. The molecule has 1 fully saturated rings. The molecule has 1 atom stereocenters. The highest BCUT2D eigenvalue weighted by molar-refractivity contribution is 7.17. The van der Waals surface area contributed by atoms with Crippen molar-refractivity contribution in [3.05, 3.63) is 69.2 Å². The summed E-state index contributed by atoms with van der Waals surface area (Å²) < 4.78 is 47.0. The van der Waals surface area contributed by atoms with E-state index in [1.54, 1.807) is 24.4 Å². The molecule has 0 aliphatic carbocycles. The molecule has 0 saturated carbocycles. The van der Waals surface area contributed by atoms with Gasteiger partial charge in [-0.3, -0.25) is 5.10 Å². The Hall–Kier alpha value is -3.12. The molecule has 188 valence electrons. The summed E-state index contributed by atoms with van der Waals surface area (Å²) in [5, 5.41) is 28.6. The average Bonchev–Trinajstić information content (AvgIpc) is 3.48. The maximum absolute atomic E-state index is 13.9. The molecular weight excluding hydrogens is 517 g/mol. The van der Waals surface area contributed by atoms with Crippen LogP contribution in [0.1, 0.15) is 21.6 Å². The van der Waals surface area contributed by atoms with Crippen LogP contribution in [-0.4, -0.2) is 57.8 Å². The van der Waals surface area contributed by atoms with Gasteiger partial charge in [0.25, 0.3) is 0 Å². The van der Waals surface area contributed by atoms with E-state index in [-0.39, 0.29) is 29.1 Å². The van der Waals surface area contributed by atoms with Gasteiger partial charge in [-0.2, -0.15) is 23.3 Å². The summed E-state index contributed by atoms with van der Waals surface area (Å²) in [5.74, 6) is -0.320. The summed E-state index contributed by atoms with van der Waals surface area (Å²) in [6.07, 6.45) is -1.66. The smallest absolute Gasteiger partial charge is 0.417 e. The first-order chi connectivity index (χ1) is 17.2. The zero-order chi connectivity index (χ0) is 25.4. The summed E-state index contributed by atoms with van der Waals surface area (Å²) in [7, 11) is 0. The lowest BCUT2D eigenvalue weighted by molar-refractivity contribution is -0.137.